The van der Waals surface area contributed by atoms with Crippen LogP contribution in [0.5, 0.6) is 0 Å². The van der Waals surface area contributed by atoms with E-state index in [-0.39, 0.29) is 36.0 Å². The number of carbonyl (C=O) groups excluding carboxylic acids is 4. The van der Waals surface area contributed by atoms with E-state index < -0.39 is 11.9 Å². The summed E-state index contributed by atoms with van der Waals surface area (Å²) in [5.74, 6) is -1.44. The molecule has 0 radical (unpaired) electrons. The van der Waals surface area contributed by atoms with E-state index in [9.17, 15) is 19.2 Å². The quantitative estimate of drug-likeness (QED) is 0.635. The summed E-state index contributed by atoms with van der Waals surface area (Å²) >= 11 is 1.26. The van der Waals surface area contributed by atoms with E-state index in [2.05, 4.69) is 5.32 Å². The van der Waals surface area contributed by atoms with Gasteiger partial charge in [0.05, 0.1) is 23.2 Å². The van der Waals surface area contributed by atoms with Crippen molar-refractivity contribution in [3.8, 4) is 0 Å². The number of nitrogens with zero attached hydrogens (tertiary/aromatic N) is 1. The van der Waals surface area contributed by atoms with Gasteiger partial charge in [-0.2, -0.15) is 0 Å². The van der Waals surface area contributed by atoms with Crippen LogP contribution in [0.4, 0.5) is 5.69 Å². The molecule has 1 saturated heterocycles. The second kappa shape index (κ2) is 7.96. The fourth-order valence-electron chi connectivity index (χ4n) is 2.10. The average Bonchev–Trinajstić information content (AvgIpc) is 2.56. The number of anilines is 1. The predicted octanol–water partition coefficient (Wildman–Crippen LogP) is 1.29. The molecule has 7 nitrogen and oxygen atoms in total. The minimum Gasteiger partial charge on any atom is -0.462 e. The van der Waals surface area contributed by atoms with Crippen LogP contribution in [-0.2, 0) is 19.1 Å². The van der Waals surface area contributed by atoms with Crippen LogP contribution in [0.1, 0.15) is 24.2 Å². The molecule has 24 heavy (non-hydrogen) atoms. The molecule has 1 fully saturated rings. The van der Waals surface area contributed by atoms with Crippen LogP contribution in [-0.4, -0.2) is 52.7 Å². The lowest BCUT2D eigenvalue weighted by Gasteiger charge is -2.27. The van der Waals surface area contributed by atoms with Crippen molar-refractivity contribution in [3.05, 3.63) is 29.8 Å². The van der Waals surface area contributed by atoms with Crippen molar-refractivity contribution in [2.45, 2.75) is 19.1 Å². The van der Waals surface area contributed by atoms with Crippen LogP contribution in [0.2, 0.25) is 0 Å². The van der Waals surface area contributed by atoms with Gasteiger partial charge in [0.25, 0.3) is 0 Å². The minimum atomic E-state index is -0.473. The molecule has 0 unspecified atom stereocenters. The normalized spacial score (nSPS) is 17.6. The largest absolute Gasteiger partial charge is 0.462 e. The van der Waals surface area contributed by atoms with Crippen LogP contribution in [0.25, 0.3) is 0 Å². The Hall–Kier alpha value is -2.35. The van der Waals surface area contributed by atoms with Gasteiger partial charge in [-0.25, -0.2) is 4.79 Å². The number of imide groups is 1. The highest BCUT2D eigenvalue weighted by atomic mass is 32.2. The van der Waals surface area contributed by atoms with Crippen molar-refractivity contribution in [2.75, 3.05) is 24.2 Å². The first kappa shape index (κ1) is 18.0. The first-order chi connectivity index (χ1) is 11.4. The van der Waals surface area contributed by atoms with Crippen molar-refractivity contribution in [3.63, 3.8) is 0 Å². The Kier molecular flexibility index (Phi) is 5.97. The van der Waals surface area contributed by atoms with Crippen molar-refractivity contribution >= 4 is 41.1 Å². The summed E-state index contributed by atoms with van der Waals surface area (Å²) in [5.41, 5.74) is 0.842. The summed E-state index contributed by atoms with van der Waals surface area (Å²) < 4.78 is 4.87. The molecular weight excluding hydrogens is 332 g/mol. The van der Waals surface area contributed by atoms with E-state index in [1.807, 2.05) is 0 Å². The highest BCUT2D eigenvalue weighted by Gasteiger charge is 2.33. The molecule has 2 rings (SSSR count). The van der Waals surface area contributed by atoms with E-state index in [1.165, 1.54) is 23.9 Å². The standard InChI is InChI=1S/C16H18N2O5S/c1-3-23-16(22)11-4-6-12(7-5-11)17-13(19)8-18-14(20)9-24-10(2)15(18)21/h4-7,10H,3,8-9H2,1-2H3,(H,17,19)/t10-/m0/s1. The van der Waals surface area contributed by atoms with Crippen LogP contribution in [0, 0.1) is 0 Å². The lowest BCUT2D eigenvalue weighted by Crippen LogP contribution is -2.49. The SMILES string of the molecule is CCOC(=O)c1ccc(NC(=O)CN2C(=O)CS[C@@H](C)C2=O)cc1. The third-order valence-corrected chi connectivity index (χ3v) is 4.47. The molecule has 1 aromatic carbocycles. The monoisotopic (exact) mass is 350 g/mol. The van der Waals surface area contributed by atoms with E-state index in [0.717, 1.165) is 4.90 Å². The van der Waals surface area contributed by atoms with Gasteiger partial charge in [0.1, 0.15) is 6.54 Å². The lowest BCUT2D eigenvalue weighted by molar-refractivity contribution is -0.145. The fraction of sp³-hybridized carbons (Fsp3) is 0.375. The van der Waals surface area contributed by atoms with Crippen LogP contribution in [0.3, 0.4) is 0 Å². The van der Waals surface area contributed by atoms with Gasteiger partial charge >= 0.3 is 5.97 Å². The summed E-state index contributed by atoms with van der Waals surface area (Å²) in [4.78, 5) is 48.3. The predicted molar refractivity (Wildman–Crippen MR) is 89.7 cm³/mol. The molecule has 0 spiro atoms. The smallest absolute Gasteiger partial charge is 0.338 e. The highest BCUT2D eigenvalue weighted by molar-refractivity contribution is 8.01. The lowest BCUT2D eigenvalue weighted by atomic mass is 10.2. The highest BCUT2D eigenvalue weighted by Crippen LogP contribution is 2.20. The zero-order valence-corrected chi connectivity index (χ0v) is 14.2. The number of thioether (sulfide) groups is 1. The Morgan fingerprint density at radius 2 is 1.96 bits per heavy atom. The number of ether oxygens (including phenoxy) is 1. The van der Waals surface area contributed by atoms with Gasteiger partial charge in [-0.15, -0.1) is 11.8 Å². The Morgan fingerprint density at radius 1 is 1.29 bits per heavy atom. The summed E-state index contributed by atoms with van der Waals surface area (Å²) in [6.07, 6.45) is 0. The molecule has 0 aromatic heterocycles. The molecule has 0 saturated carbocycles. The zero-order chi connectivity index (χ0) is 17.7. The summed E-state index contributed by atoms with van der Waals surface area (Å²) in [7, 11) is 0. The molecule has 1 aliphatic heterocycles. The van der Waals surface area contributed by atoms with Crippen molar-refractivity contribution < 1.29 is 23.9 Å². The molecule has 1 heterocycles. The molecule has 1 aliphatic rings. The maximum Gasteiger partial charge on any atom is 0.338 e. The topological polar surface area (TPSA) is 92.8 Å². The molecule has 8 heteroatoms. The van der Waals surface area contributed by atoms with Gasteiger partial charge in [-0.05, 0) is 38.1 Å². The second-order valence-electron chi connectivity index (χ2n) is 5.12. The van der Waals surface area contributed by atoms with Gasteiger partial charge in [0, 0.05) is 5.69 Å². The Labute approximate surface area is 143 Å². The van der Waals surface area contributed by atoms with Crippen LogP contribution < -0.4 is 5.32 Å². The first-order valence-electron chi connectivity index (χ1n) is 7.45. The number of nitrogens with one attached hydrogen (secondary N) is 1. The number of benzene rings is 1. The maximum atomic E-state index is 12.0. The van der Waals surface area contributed by atoms with Gasteiger partial charge in [0.2, 0.25) is 17.7 Å². The van der Waals surface area contributed by atoms with Gasteiger partial charge in [-0.3, -0.25) is 19.3 Å². The number of rotatable bonds is 5. The Balaban J connectivity index is 1.96. The number of amides is 3. The van der Waals surface area contributed by atoms with Crippen molar-refractivity contribution in [2.24, 2.45) is 0 Å². The summed E-state index contributed by atoms with van der Waals surface area (Å²) in [6.45, 7) is 3.39. The number of hydrogen-bond donors (Lipinski definition) is 1. The van der Waals surface area contributed by atoms with Gasteiger partial charge in [0.15, 0.2) is 0 Å². The zero-order valence-electron chi connectivity index (χ0n) is 13.4. The molecule has 3 amide bonds. The van der Waals surface area contributed by atoms with E-state index in [0.29, 0.717) is 11.3 Å². The van der Waals surface area contributed by atoms with Crippen LogP contribution in [0.15, 0.2) is 24.3 Å². The number of hydrogen-bond acceptors (Lipinski definition) is 6. The maximum absolute atomic E-state index is 12.0. The summed E-state index contributed by atoms with van der Waals surface area (Å²) in [5, 5.41) is 2.27. The molecule has 1 atom stereocenters. The first-order valence-corrected chi connectivity index (χ1v) is 8.50. The van der Waals surface area contributed by atoms with Crippen molar-refractivity contribution in [1.29, 1.82) is 0 Å². The number of carbonyl (C=O) groups is 4. The Morgan fingerprint density at radius 3 is 2.58 bits per heavy atom. The molecular formula is C16H18N2O5S. The van der Waals surface area contributed by atoms with Crippen LogP contribution >= 0.6 is 11.8 Å². The fourth-order valence-corrected chi connectivity index (χ4v) is 2.92. The Bertz CT molecular complexity index is 659. The van der Waals surface area contributed by atoms with E-state index in [1.54, 1.807) is 26.0 Å². The molecule has 128 valence electrons. The summed E-state index contributed by atoms with van der Waals surface area (Å²) in [6, 6.07) is 6.18. The van der Waals surface area contributed by atoms with E-state index >= 15 is 0 Å². The van der Waals surface area contributed by atoms with Gasteiger partial charge < -0.3 is 10.1 Å². The average molecular weight is 350 g/mol. The molecule has 0 aliphatic carbocycles. The molecule has 1 N–H and O–H groups in total. The van der Waals surface area contributed by atoms with Gasteiger partial charge in [-0.1, -0.05) is 0 Å². The van der Waals surface area contributed by atoms with E-state index in [4.69, 9.17) is 4.74 Å². The third kappa shape index (κ3) is 4.35. The van der Waals surface area contributed by atoms with Crippen molar-refractivity contribution in [1.82, 2.24) is 4.90 Å². The number of esters is 1. The second-order valence-corrected chi connectivity index (χ2v) is 6.45. The molecule has 1 aromatic rings. The molecule has 0 bridgehead atoms. The third-order valence-electron chi connectivity index (χ3n) is 3.35. The minimum absolute atomic E-state index is 0.189.